The lowest BCUT2D eigenvalue weighted by molar-refractivity contribution is 0.532. The number of thiophene rings is 4. The number of fused-ring (bicyclic) bond motifs is 5. The van der Waals surface area contributed by atoms with Crippen LogP contribution in [0.1, 0.15) is 218 Å². The van der Waals surface area contributed by atoms with Crippen molar-refractivity contribution >= 4 is 73.5 Å². The minimum Gasteiger partial charge on any atom is -0.141 e. The van der Waals surface area contributed by atoms with E-state index in [9.17, 15) is 0 Å². The molecule has 4 aromatic rings. The second-order valence-corrected chi connectivity index (χ2v) is 18.9. The Bertz CT molecular complexity index is 1230. The molecular weight excluding hydrogens is 657 g/mol. The van der Waals surface area contributed by atoms with E-state index < -0.39 is 0 Å². The van der Waals surface area contributed by atoms with Crippen LogP contribution >= 0.6 is 45.3 Å². The highest BCUT2D eigenvalue weighted by molar-refractivity contribution is 7.44. The Morgan fingerprint density at radius 3 is 0.812 bits per heavy atom. The molecule has 272 valence electrons. The molecule has 0 bridgehead atoms. The zero-order valence-electron chi connectivity index (χ0n) is 31.4. The summed E-state index contributed by atoms with van der Waals surface area (Å²) in [4.78, 5) is 0. The molecule has 0 amide bonds. The van der Waals surface area contributed by atoms with Crippen LogP contribution in [-0.4, -0.2) is 0 Å². The highest BCUT2D eigenvalue weighted by atomic mass is 32.1. The molecule has 4 rings (SSSR count). The molecule has 0 fully saturated rings. The topological polar surface area (TPSA) is 0 Å². The first-order valence-corrected chi connectivity index (χ1v) is 24.5. The maximum absolute atomic E-state index is 2.49. The molecule has 0 aliphatic carbocycles. The lowest BCUT2D eigenvalue weighted by Gasteiger charge is -2.03. The van der Waals surface area contributed by atoms with E-state index in [1.165, 1.54) is 205 Å². The lowest BCUT2D eigenvalue weighted by Crippen LogP contribution is -1.85. The van der Waals surface area contributed by atoms with Crippen molar-refractivity contribution in [2.75, 3.05) is 0 Å². The van der Waals surface area contributed by atoms with Crippen LogP contribution in [-0.2, 0) is 12.8 Å². The van der Waals surface area contributed by atoms with Crippen LogP contribution in [0, 0.1) is 0 Å². The van der Waals surface area contributed by atoms with Crippen molar-refractivity contribution in [3.8, 4) is 0 Å². The predicted molar refractivity (Wildman–Crippen MR) is 228 cm³/mol. The van der Waals surface area contributed by atoms with Gasteiger partial charge in [0.05, 0.1) is 28.2 Å². The Labute approximate surface area is 312 Å². The summed E-state index contributed by atoms with van der Waals surface area (Å²) in [5.74, 6) is 0. The van der Waals surface area contributed by atoms with Crippen molar-refractivity contribution in [1.29, 1.82) is 0 Å². The average molecular weight is 729 g/mol. The Kier molecular flexibility index (Phi) is 21.5. The van der Waals surface area contributed by atoms with Crippen molar-refractivity contribution in [2.24, 2.45) is 0 Å². The maximum Gasteiger partial charge on any atom is 0.0650 e. The van der Waals surface area contributed by atoms with E-state index in [-0.39, 0.29) is 0 Å². The third kappa shape index (κ3) is 14.3. The van der Waals surface area contributed by atoms with Gasteiger partial charge < -0.3 is 0 Å². The van der Waals surface area contributed by atoms with E-state index in [0.717, 1.165) is 0 Å². The summed E-state index contributed by atoms with van der Waals surface area (Å²) in [5, 5.41) is 4.99. The first-order chi connectivity index (χ1) is 23.8. The number of hydrogen-bond donors (Lipinski definition) is 0. The minimum atomic E-state index is 1.28. The van der Waals surface area contributed by atoms with Crippen LogP contribution in [0.2, 0.25) is 0 Å². The number of hydrogen-bond acceptors (Lipinski definition) is 4. The zero-order chi connectivity index (χ0) is 33.5. The summed E-state index contributed by atoms with van der Waals surface area (Å²) in [6, 6.07) is 0. The molecule has 0 aliphatic heterocycles. The van der Waals surface area contributed by atoms with Crippen LogP contribution < -0.4 is 0 Å². The number of aryl methyl sites for hydroxylation is 2. The summed E-state index contributed by atoms with van der Waals surface area (Å²) < 4.78 is 9.62. The van der Waals surface area contributed by atoms with Gasteiger partial charge in [-0.05, 0) is 47.6 Å². The molecule has 0 aliphatic rings. The van der Waals surface area contributed by atoms with E-state index in [1.807, 2.05) is 22.7 Å². The van der Waals surface area contributed by atoms with Gasteiger partial charge in [0.2, 0.25) is 0 Å². The van der Waals surface area contributed by atoms with Crippen LogP contribution in [0.25, 0.3) is 28.2 Å². The molecule has 0 saturated carbocycles. The van der Waals surface area contributed by atoms with E-state index in [2.05, 4.69) is 47.3 Å². The van der Waals surface area contributed by atoms with Crippen LogP contribution in [0.3, 0.4) is 0 Å². The van der Waals surface area contributed by atoms with Crippen molar-refractivity contribution in [1.82, 2.24) is 0 Å². The average Bonchev–Trinajstić information content (AvgIpc) is 3.85. The molecule has 0 atom stereocenters. The van der Waals surface area contributed by atoms with Gasteiger partial charge in [-0.2, -0.15) is 0 Å². The van der Waals surface area contributed by atoms with Gasteiger partial charge in [-0.15, -0.1) is 45.3 Å². The molecule has 0 N–H and O–H groups in total. The number of rotatable bonds is 32. The quantitative estimate of drug-likeness (QED) is 0.0439. The number of unbranched alkanes of at least 4 members (excludes halogenated alkanes) is 28. The maximum atomic E-state index is 2.49. The van der Waals surface area contributed by atoms with Gasteiger partial charge in [-0.3, -0.25) is 0 Å². The van der Waals surface area contributed by atoms with Gasteiger partial charge in [-0.25, -0.2) is 0 Å². The molecule has 4 heteroatoms. The standard InChI is InChI=1S/C44H72S4/c1-3-5-7-9-11-13-15-17-19-21-23-25-27-29-31-33-37-35-45-41-39(37)47-44-42-40(48-43(41)44)38(36-46-42)34-32-30-28-26-24-22-20-18-16-14-12-10-8-6-4-2/h35-36H,3-34H2,1-2H3. The highest BCUT2D eigenvalue weighted by Gasteiger charge is 2.19. The van der Waals surface area contributed by atoms with Crippen molar-refractivity contribution in [2.45, 2.75) is 219 Å². The summed E-state index contributed by atoms with van der Waals surface area (Å²) in [6.07, 6.45) is 45.9. The Morgan fingerprint density at radius 2 is 0.542 bits per heavy atom. The fraction of sp³-hybridized carbons (Fsp3) is 0.773. The van der Waals surface area contributed by atoms with Crippen LogP contribution in [0.5, 0.6) is 0 Å². The Hall–Kier alpha value is -0.420. The van der Waals surface area contributed by atoms with Crippen LogP contribution in [0.4, 0.5) is 0 Å². The summed E-state index contributed by atoms with van der Waals surface area (Å²) >= 11 is 8.28. The second kappa shape index (κ2) is 25.5. The monoisotopic (exact) mass is 728 g/mol. The van der Waals surface area contributed by atoms with Gasteiger partial charge in [0.15, 0.2) is 0 Å². The van der Waals surface area contributed by atoms with Gasteiger partial charge >= 0.3 is 0 Å². The third-order valence-electron chi connectivity index (χ3n) is 10.8. The van der Waals surface area contributed by atoms with Gasteiger partial charge in [0.1, 0.15) is 0 Å². The van der Waals surface area contributed by atoms with Crippen molar-refractivity contribution in [3.63, 3.8) is 0 Å². The molecular formula is C44H72S4. The SMILES string of the molecule is CCCCCCCCCCCCCCCCCc1csc2c1sc1c3scc(CCCCCCCCCCCCCCCCC)c3sc21. The lowest BCUT2D eigenvalue weighted by atomic mass is 10.0. The van der Waals surface area contributed by atoms with Crippen LogP contribution in [0.15, 0.2) is 10.8 Å². The first kappa shape index (κ1) is 40.4. The summed E-state index contributed by atoms with van der Waals surface area (Å²) in [7, 11) is 0. The first-order valence-electron chi connectivity index (χ1n) is 21.1. The van der Waals surface area contributed by atoms with E-state index in [0.29, 0.717) is 0 Å². The fourth-order valence-corrected chi connectivity index (χ4v) is 13.4. The van der Waals surface area contributed by atoms with Gasteiger partial charge in [0, 0.05) is 0 Å². The largest absolute Gasteiger partial charge is 0.141 e. The molecule has 48 heavy (non-hydrogen) atoms. The molecule has 0 spiro atoms. The summed E-state index contributed by atoms with van der Waals surface area (Å²) in [5.41, 5.74) is 3.28. The normalized spacial score (nSPS) is 12.1. The van der Waals surface area contributed by atoms with Gasteiger partial charge in [-0.1, -0.05) is 194 Å². The van der Waals surface area contributed by atoms with E-state index >= 15 is 0 Å². The van der Waals surface area contributed by atoms with Gasteiger partial charge in [0.25, 0.3) is 0 Å². The predicted octanol–water partition coefficient (Wildman–Crippen LogP) is 18.2. The molecule has 4 heterocycles. The Morgan fingerprint density at radius 1 is 0.292 bits per heavy atom. The molecule has 0 saturated heterocycles. The zero-order valence-corrected chi connectivity index (χ0v) is 34.7. The van der Waals surface area contributed by atoms with Crippen molar-refractivity contribution in [3.05, 3.63) is 21.9 Å². The third-order valence-corrected chi connectivity index (χ3v) is 16.1. The molecule has 0 unspecified atom stereocenters. The fourth-order valence-electron chi connectivity index (χ4n) is 7.62. The molecule has 0 aromatic carbocycles. The molecule has 4 aromatic heterocycles. The van der Waals surface area contributed by atoms with E-state index in [1.54, 1.807) is 39.3 Å². The second-order valence-electron chi connectivity index (χ2n) is 15.1. The molecule has 0 nitrogen and oxygen atoms in total. The molecule has 0 radical (unpaired) electrons. The smallest absolute Gasteiger partial charge is 0.0650 e. The minimum absolute atomic E-state index is 1.28. The van der Waals surface area contributed by atoms with E-state index in [4.69, 9.17) is 0 Å². The Balaban J connectivity index is 1.03. The van der Waals surface area contributed by atoms with Crippen molar-refractivity contribution < 1.29 is 0 Å². The summed E-state index contributed by atoms with van der Waals surface area (Å²) in [6.45, 7) is 4.62. The highest BCUT2D eigenvalue weighted by Crippen LogP contribution is 2.50.